The van der Waals surface area contributed by atoms with Crippen LogP contribution in [0.4, 0.5) is 5.69 Å². The summed E-state index contributed by atoms with van der Waals surface area (Å²) in [5, 5.41) is 3.30. The first-order valence-corrected chi connectivity index (χ1v) is 4.36. The van der Waals surface area contributed by atoms with Crippen molar-refractivity contribution in [3.63, 3.8) is 0 Å². The van der Waals surface area contributed by atoms with Crippen LogP contribution in [0.1, 0.15) is 13.8 Å². The molecule has 0 aliphatic carbocycles. The molecule has 0 aromatic heterocycles. The van der Waals surface area contributed by atoms with Gasteiger partial charge in [0, 0.05) is 11.4 Å². The molecule has 68 valence electrons. The monoisotopic (exact) mass is 173 g/mol. The molecule has 0 spiro atoms. The second-order valence-electron chi connectivity index (χ2n) is 3.00. The molecule has 0 fully saturated rings. The first-order chi connectivity index (χ1) is 6.24. The number of hydrogen-bond donors (Lipinski definition) is 1. The average molecular weight is 173 g/mol. The van der Waals surface area contributed by atoms with E-state index in [1.165, 1.54) is 5.57 Å². The Morgan fingerprint density at radius 1 is 1.23 bits per heavy atom. The summed E-state index contributed by atoms with van der Waals surface area (Å²) in [5.74, 6) is 0. The Morgan fingerprint density at radius 3 is 2.38 bits per heavy atom. The molecule has 0 unspecified atom stereocenters. The summed E-state index contributed by atoms with van der Waals surface area (Å²) in [6.45, 7) is 7.81. The highest BCUT2D eigenvalue weighted by atomic mass is 14.9. The Morgan fingerprint density at radius 2 is 1.85 bits per heavy atom. The van der Waals surface area contributed by atoms with Crippen LogP contribution in [-0.4, -0.2) is 0 Å². The van der Waals surface area contributed by atoms with Gasteiger partial charge in [-0.2, -0.15) is 0 Å². The van der Waals surface area contributed by atoms with Gasteiger partial charge in [-0.3, -0.25) is 0 Å². The van der Waals surface area contributed by atoms with Crippen LogP contribution in [0.25, 0.3) is 0 Å². The van der Waals surface area contributed by atoms with Crippen molar-refractivity contribution in [1.29, 1.82) is 0 Å². The zero-order valence-electron chi connectivity index (χ0n) is 8.17. The summed E-state index contributed by atoms with van der Waals surface area (Å²) in [5.41, 5.74) is 3.42. The average Bonchev–Trinajstić information content (AvgIpc) is 2.18. The van der Waals surface area contributed by atoms with E-state index in [2.05, 4.69) is 11.9 Å². The Bertz CT molecular complexity index is 309. The first kappa shape index (κ1) is 9.59. The summed E-state index contributed by atoms with van der Waals surface area (Å²) in [4.78, 5) is 0. The maximum absolute atomic E-state index is 3.73. The number of nitrogens with one attached hydrogen (secondary N) is 1. The molecule has 0 radical (unpaired) electrons. The summed E-state index contributed by atoms with van der Waals surface area (Å²) in [6, 6.07) is 10.1. The van der Waals surface area contributed by atoms with E-state index in [-0.39, 0.29) is 0 Å². The van der Waals surface area contributed by atoms with Gasteiger partial charge in [-0.05, 0) is 31.6 Å². The molecule has 1 aromatic rings. The molecule has 0 saturated heterocycles. The number of anilines is 1. The van der Waals surface area contributed by atoms with Gasteiger partial charge in [0.2, 0.25) is 0 Å². The van der Waals surface area contributed by atoms with Gasteiger partial charge in [0.15, 0.2) is 0 Å². The SMILES string of the molecule is C=C/C(C)=C(\C)Nc1ccccc1. The van der Waals surface area contributed by atoms with Gasteiger partial charge in [0.05, 0.1) is 0 Å². The van der Waals surface area contributed by atoms with Gasteiger partial charge in [-0.25, -0.2) is 0 Å². The van der Waals surface area contributed by atoms with E-state index in [9.17, 15) is 0 Å². The van der Waals surface area contributed by atoms with Crippen LogP contribution in [0.5, 0.6) is 0 Å². The predicted octanol–water partition coefficient (Wildman–Crippen LogP) is 3.58. The topological polar surface area (TPSA) is 12.0 Å². The van der Waals surface area contributed by atoms with Crippen molar-refractivity contribution in [2.75, 3.05) is 5.32 Å². The van der Waals surface area contributed by atoms with Crippen LogP contribution < -0.4 is 5.32 Å². The normalized spacial score (nSPS) is 11.8. The molecule has 1 aromatic carbocycles. The molecule has 0 bridgehead atoms. The lowest BCUT2D eigenvalue weighted by Gasteiger charge is -2.07. The quantitative estimate of drug-likeness (QED) is 0.689. The minimum atomic E-state index is 1.11. The lowest BCUT2D eigenvalue weighted by molar-refractivity contribution is 1.29. The molecule has 1 N–H and O–H groups in total. The smallest absolute Gasteiger partial charge is 0.0381 e. The van der Waals surface area contributed by atoms with Crippen molar-refractivity contribution in [1.82, 2.24) is 0 Å². The maximum Gasteiger partial charge on any atom is 0.0381 e. The molecule has 0 saturated carbocycles. The van der Waals surface area contributed by atoms with Crippen LogP contribution in [-0.2, 0) is 0 Å². The first-order valence-electron chi connectivity index (χ1n) is 4.36. The van der Waals surface area contributed by atoms with Gasteiger partial charge >= 0.3 is 0 Å². The maximum atomic E-state index is 3.73. The molecule has 0 heterocycles. The number of para-hydroxylation sites is 1. The summed E-state index contributed by atoms with van der Waals surface area (Å²) < 4.78 is 0. The fraction of sp³-hybridized carbons (Fsp3) is 0.167. The van der Waals surface area contributed by atoms with Crippen LogP contribution in [0.2, 0.25) is 0 Å². The molecule has 0 aliphatic heterocycles. The number of rotatable bonds is 3. The third kappa shape index (κ3) is 2.79. The highest BCUT2D eigenvalue weighted by Crippen LogP contribution is 2.11. The molecule has 1 heteroatoms. The van der Waals surface area contributed by atoms with Gasteiger partial charge < -0.3 is 5.32 Å². The van der Waals surface area contributed by atoms with Gasteiger partial charge in [0.25, 0.3) is 0 Å². The summed E-state index contributed by atoms with van der Waals surface area (Å²) in [6.07, 6.45) is 1.85. The van der Waals surface area contributed by atoms with Crippen molar-refractivity contribution in [2.45, 2.75) is 13.8 Å². The molecular formula is C12H15N. The zero-order valence-corrected chi connectivity index (χ0v) is 8.17. The summed E-state index contributed by atoms with van der Waals surface area (Å²) >= 11 is 0. The Hall–Kier alpha value is -1.50. The third-order valence-corrected chi connectivity index (χ3v) is 2.00. The van der Waals surface area contributed by atoms with E-state index in [1.807, 2.05) is 50.3 Å². The largest absolute Gasteiger partial charge is 0.359 e. The third-order valence-electron chi connectivity index (χ3n) is 2.00. The second-order valence-corrected chi connectivity index (χ2v) is 3.00. The van der Waals surface area contributed by atoms with Gasteiger partial charge in [0.1, 0.15) is 0 Å². The highest BCUT2D eigenvalue weighted by Gasteiger charge is 1.93. The summed E-state index contributed by atoms with van der Waals surface area (Å²) in [7, 11) is 0. The van der Waals surface area contributed by atoms with Crippen molar-refractivity contribution < 1.29 is 0 Å². The van der Waals surface area contributed by atoms with Crippen molar-refractivity contribution in [3.05, 3.63) is 54.3 Å². The molecule has 1 nitrogen and oxygen atoms in total. The molecule has 13 heavy (non-hydrogen) atoms. The minimum absolute atomic E-state index is 1.11. The van der Waals surface area contributed by atoms with Gasteiger partial charge in [-0.1, -0.05) is 30.9 Å². The van der Waals surface area contributed by atoms with Crippen LogP contribution in [0.3, 0.4) is 0 Å². The lowest BCUT2D eigenvalue weighted by Crippen LogP contribution is -1.96. The van der Waals surface area contributed by atoms with Crippen molar-refractivity contribution >= 4 is 5.69 Å². The Kier molecular flexibility index (Phi) is 3.32. The second kappa shape index (κ2) is 4.51. The minimum Gasteiger partial charge on any atom is -0.359 e. The van der Waals surface area contributed by atoms with Crippen molar-refractivity contribution in [2.24, 2.45) is 0 Å². The Labute approximate surface area is 79.8 Å². The zero-order chi connectivity index (χ0) is 9.68. The van der Waals surface area contributed by atoms with E-state index >= 15 is 0 Å². The van der Waals surface area contributed by atoms with E-state index in [0.29, 0.717) is 0 Å². The molecule has 0 atom stereocenters. The van der Waals surface area contributed by atoms with E-state index in [1.54, 1.807) is 0 Å². The number of benzene rings is 1. The number of hydrogen-bond acceptors (Lipinski definition) is 1. The highest BCUT2D eigenvalue weighted by molar-refractivity contribution is 5.48. The van der Waals surface area contributed by atoms with Crippen LogP contribution in [0.15, 0.2) is 54.3 Å². The predicted molar refractivity (Wildman–Crippen MR) is 58.6 cm³/mol. The standard InChI is InChI=1S/C12H15N/c1-4-10(2)11(3)13-12-8-6-5-7-9-12/h4-9,13H,1H2,2-3H3/b11-10+. The fourth-order valence-corrected chi connectivity index (χ4v) is 0.990. The Balaban J connectivity index is 2.76. The van der Waals surface area contributed by atoms with Crippen molar-refractivity contribution in [3.8, 4) is 0 Å². The lowest BCUT2D eigenvalue weighted by atomic mass is 10.2. The molecule has 0 amide bonds. The van der Waals surface area contributed by atoms with Crippen LogP contribution in [0, 0.1) is 0 Å². The van der Waals surface area contributed by atoms with E-state index in [0.717, 1.165) is 11.4 Å². The molecule has 0 aliphatic rings. The number of allylic oxidation sites excluding steroid dienone is 3. The fourth-order valence-electron chi connectivity index (χ4n) is 0.990. The molecule has 1 rings (SSSR count). The van der Waals surface area contributed by atoms with Gasteiger partial charge in [-0.15, -0.1) is 0 Å². The van der Waals surface area contributed by atoms with Crippen LogP contribution >= 0.6 is 0 Å². The molecular weight excluding hydrogens is 158 g/mol. The van der Waals surface area contributed by atoms with E-state index < -0.39 is 0 Å². The van der Waals surface area contributed by atoms with E-state index in [4.69, 9.17) is 0 Å².